The Morgan fingerprint density at radius 1 is 1.64 bits per heavy atom. The Kier molecular flexibility index (Phi) is 2.89. The van der Waals surface area contributed by atoms with Crippen LogP contribution in [-0.4, -0.2) is 12.0 Å². The smallest absolute Gasteiger partial charge is 0.313 e. The van der Waals surface area contributed by atoms with Gasteiger partial charge in [-0.3, -0.25) is 10.1 Å². The van der Waals surface area contributed by atoms with Gasteiger partial charge in [-0.25, -0.2) is 0 Å². The van der Waals surface area contributed by atoms with Crippen LogP contribution in [0.5, 0.6) is 5.75 Å². The van der Waals surface area contributed by atoms with E-state index in [0.29, 0.717) is 0 Å². The average molecular weight is 213 g/mol. The molecule has 0 aromatic heterocycles. The molecule has 14 heavy (non-hydrogen) atoms. The summed E-state index contributed by atoms with van der Waals surface area (Å²) in [7, 11) is 1.26. The van der Waals surface area contributed by atoms with Gasteiger partial charge in [-0.2, -0.15) is 5.26 Å². The summed E-state index contributed by atoms with van der Waals surface area (Å²) in [6.07, 6.45) is 0. The Labute approximate surface area is 84.6 Å². The lowest BCUT2D eigenvalue weighted by Crippen LogP contribution is -1.96. The maximum Gasteiger partial charge on any atom is 0.313 e. The molecule has 1 aromatic rings. The zero-order chi connectivity index (χ0) is 10.7. The fraction of sp³-hybridized carbons (Fsp3) is 0.125. The number of nitrogens with zero attached hydrogens (tertiary/aromatic N) is 2. The predicted molar refractivity (Wildman–Crippen MR) is 49.4 cm³/mol. The third-order valence-electron chi connectivity index (χ3n) is 1.56. The van der Waals surface area contributed by atoms with Crippen molar-refractivity contribution in [3.63, 3.8) is 0 Å². The van der Waals surface area contributed by atoms with Gasteiger partial charge < -0.3 is 4.74 Å². The topological polar surface area (TPSA) is 76.2 Å². The molecule has 5 nitrogen and oxygen atoms in total. The number of nitro groups is 1. The van der Waals surface area contributed by atoms with Crippen molar-refractivity contribution in [2.75, 3.05) is 7.11 Å². The Bertz CT molecular complexity index is 425. The molecule has 0 atom stereocenters. The molecule has 0 saturated heterocycles. The molecular weight excluding hydrogens is 208 g/mol. The first-order valence-corrected chi connectivity index (χ1v) is 3.90. The monoisotopic (exact) mass is 212 g/mol. The number of hydrogen-bond acceptors (Lipinski definition) is 4. The summed E-state index contributed by atoms with van der Waals surface area (Å²) in [5, 5.41) is 19.4. The van der Waals surface area contributed by atoms with E-state index in [-0.39, 0.29) is 22.0 Å². The van der Waals surface area contributed by atoms with Crippen molar-refractivity contribution in [2.24, 2.45) is 0 Å². The Morgan fingerprint density at radius 3 is 2.71 bits per heavy atom. The van der Waals surface area contributed by atoms with Crippen molar-refractivity contribution in [3.8, 4) is 11.8 Å². The van der Waals surface area contributed by atoms with Crippen LogP contribution in [0.15, 0.2) is 12.1 Å². The van der Waals surface area contributed by atoms with Crippen molar-refractivity contribution in [1.82, 2.24) is 0 Å². The molecule has 0 aliphatic carbocycles. The lowest BCUT2D eigenvalue weighted by molar-refractivity contribution is -0.385. The van der Waals surface area contributed by atoms with Crippen LogP contribution in [0.2, 0.25) is 5.02 Å². The van der Waals surface area contributed by atoms with E-state index in [1.807, 2.05) is 0 Å². The second-order valence-corrected chi connectivity index (χ2v) is 2.81. The summed E-state index contributed by atoms with van der Waals surface area (Å²) < 4.78 is 4.76. The van der Waals surface area contributed by atoms with E-state index in [2.05, 4.69) is 0 Å². The van der Waals surface area contributed by atoms with Gasteiger partial charge in [-0.15, -0.1) is 0 Å². The molecule has 0 fully saturated rings. The average Bonchev–Trinajstić information content (AvgIpc) is 2.16. The van der Waals surface area contributed by atoms with E-state index >= 15 is 0 Å². The van der Waals surface area contributed by atoms with Crippen molar-refractivity contribution in [3.05, 3.63) is 32.8 Å². The highest BCUT2D eigenvalue weighted by molar-refractivity contribution is 6.31. The van der Waals surface area contributed by atoms with E-state index in [1.54, 1.807) is 6.07 Å². The van der Waals surface area contributed by atoms with E-state index in [0.717, 1.165) is 6.07 Å². The number of methoxy groups -OCH3 is 1. The molecule has 0 spiro atoms. The first kappa shape index (κ1) is 10.3. The SMILES string of the molecule is COc1c(C#N)cc(Cl)cc1[N+](=O)[O-]. The lowest BCUT2D eigenvalue weighted by Gasteiger charge is -2.03. The standard InChI is InChI=1S/C8H5ClN2O3/c1-14-8-5(4-10)2-6(9)3-7(8)11(12)13/h2-3H,1H3. The number of nitriles is 1. The molecule has 6 heteroatoms. The van der Waals surface area contributed by atoms with Gasteiger partial charge in [-0.1, -0.05) is 11.6 Å². The molecule has 0 aliphatic heterocycles. The van der Waals surface area contributed by atoms with Crippen LogP contribution in [0.4, 0.5) is 5.69 Å². The number of hydrogen-bond donors (Lipinski definition) is 0. The fourth-order valence-corrected chi connectivity index (χ4v) is 1.22. The van der Waals surface area contributed by atoms with Crippen molar-refractivity contribution >= 4 is 17.3 Å². The van der Waals surface area contributed by atoms with Gasteiger partial charge >= 0.3 is 5.69 Å². The van der Waals surface area contributed by atoms with Gasteiger partial charge in [0, 0.05) is 11.1 Å². The first-order chi connectivity index (χ1) is 6.60. The summed E-state index contributed by atoms with van der Waals surface area (Å²) in [6, 6.07) is 4.22. The molecule has 0 bridgehead atoms. The molecule has 72 valence electrons. The molecule has 0 unspecified atom stereocenters. The predicted octanol–water partition coefficient (Wildman–Crippen LogP) is 2.13. The number of benzene rings is 1. The van der Waals surface area contributed by atoms with Crippen LogP contribution >= 0.6 is 11.6 Å². The van der Waals surface area contributed by atoms with Crippen LogP contribution in [0.1, 0.15) is 5.56 Å². The van der Waals surface area contributed by atoms with Gasteiger partial charge in [0.2, 0.25) is 5.75 Å². The highest BCUT2D eigenvalue weighted by Gasteiger charge is 2.19. The molecule has 0 amide bonds. The van der Waals surface area contributed by atoms with E-state index in [9.17, 15) is 10.1 Å². The largest absolute Gasteiger partial charge is 0.489 e. The molecule has 0 aliphatic rings. The summed E-state index contributed by atoms with van der Waals surface area (Å²) in [6.45, 7) is 0. The van der Waals surface area contributed by atoms with Crippen LogP contribution in [0, 0.1) is 21.4 Å². The quantitative estimate of drug-likeness (QED) is 0.556. The number of rotatable bonds is 2. The summed E-state index contributed by atoms with van der Waals surface area (Å²) in [5.74, 6) is -0.0677. The van der Waals surface area contributed by atoms with E-state index in [4.69, 9.17) is 21.6 Å². The normalized spacial score (nSPS) is 9.21. The third-order valence-corrected chi connectivity index (χ3v) is 1.77. The first-order valence-electron chi connectivity index (χ1n) is 3.52. The lowest BCUT2D eigenvalue weighted by atomic mass is 10.2. The summed E-state index contributed by atoms with van der Waals surface area (Å²) >= 11 is 5.59. The van der Waals surface area contributed by atoms with Crippen LogP contribution in [0.25, 0.3) is 0 Å². The molecule has 1 rings (SSSR count). The minimum Gasteiger partial charge on any atom is -0.489 e. The summed E-state index contributed by atoms with van der Waals surface area (Å²) in [4.78, 5) is 9.91. The number of ether oxygens (including phenoxy) is 1. The van der Waals surface area contributed by atoms with Gasteiger partial charge in [0.1, 0.15) is 11.6 Å². The molecule has 0 N–H and O–H groups in total. The van der Waals surface area contributed by atoms with Gasteiger partial charge in [0.05, 0.1) is 12.0 Å². The minimum absolute atomic E-state index is 0.0479. The summed E-state index contributed by atoms with van der Waals surface area (Å²) in [5.41, 5.74) is -0.261. The van der Waals surface area contributed by atoms with Crippen molar-refractivity contribution < 1.29 is 9.66 Å². The van der Waals surface area contributed by atoms with Crippen LogP contribution < -0.4 is 4.74 Å². The Morgan fingerprint density at radius 2 is 2.29 bits per heavy atom. The number of halogens is 1. The molecule has 0 saturated carbocycles. The Balaban J connectivity index is 3.49. The van der Waals surface area contributed by atoms with Crippen molar-refractivity contribution in [2.45, 2.75) is 0 Å². The van der Waals surface area contributed by atoms with Gasteiger partial charge in [-0.05, 0) is 6.07 Å². The number of nitro benzene ring substituents is 1. The maximum atomic E-state index is 10.6. The second kappa shape index (κ2) is 3.94. The Hall–Kier alpha value is -1.80. The molecule has 1 aromatic carbocycles. The van der Waals surface area contributed by atoms with E-state index < -0.39 is 4.92 Å². The third kappa shape index (κ3) is 1.75. The van der Waals surface area contributed by atoms with E-state index in [1.165, 1.54) is 13.2 Å². The maximum absolute atomic E-state index is 10.6. The van der Waals surface area contributed by atoms with Crippen molar-refractivity contribution in [1.29, 1.82) is 5.26 Å². The zero-order valence-electron chi connectivity index (χ0n) is 7.15. The highest BCUT2D eigenvalue weighted by Crippen LogP contribution is 2.33. The fourth-order valence-electron chi connectivity index (χ4n) is 1.01. The zero-order valence-corrected chi connectivity index (χ0v) is 7.91. The molecule has 0 radical (unpaired) electrons. The van der Waals surface area contributed by atoms with Crippen LogP contribution in [-0.2, 0) is 0 Å². The molecule has 0 heterocycles. The molecular formula is C8H5ClN2O3. The highest BCUT2D eigenvalue weighted by atomic mass is 35.5. The van der Waals surface area contributed by atoms with Gasteiger partial charge in [0.25, 0.3) is 0 Å². The minimum atomic E-state index is -0.647. The second-order valence-electron chi connectivity index (χ2n) is 2.37. The van der Waals surface area contributed by atoms with Crippen LogP contribution in [0.3, 0.4) is 0 Å². The van der Waals surface area contributed by atoms with Gasteiger partial charge in [0.15, 0.2) is 0 Å².